The molecular formula is C18H16FN5O3. The van der Waals surface area contributed by atoms with Crippen LogP contribution in [0.4, 0.5) is 4.39 Å². The van der Waals surface area contributed by atoms with Crippen LogP contribution in [0.5, 0.6) is 0 Å². The molecule has 0 aliphatic heterocycles. The van der Waals surface area contributed by atoms with E-state index in [1.165, 1.54) is 17.1 Å². The summed E-state index contributed by atoms with van der Waals surface area (Å²) in [5, 5.41) is 13.4. The van der Waals surface area contributed by atoms with Crippen molar-refractivity contribution in [2.75, 3.05) is 6.61 Å². The number of tetrazole rings is 1. The van der Waals surface area contributed by atoms with Crippen molar-refractivity contribution in [3.05, 3.63) is 71.3 Å². The predicted molar refractivity (Wildman–Crippen MR) is 92.4 cm³/mol. The number of benzene rings is 2. The first-order valence-electron chi connectivity index (χ1n) is 8.05. The number of nitrogens with zero attached hydrogens (tertiary/aromatic N) is 4. The number of halogens is 1. The topological polar surface area (TPSA) is 99.0 Å². The Morgan fingerprint density at radius 3 is 2.81 bits per heavy atom. The number of hydrogen-bond donors (Lipinski definition) is 1. The zero-order valence-corrected chi connectivity index (χ0v) is 14.4. The molecule has 0 saturated carbocycles. The van der Waals surface area contributed by atoms with E-state index in [0.717, 1.165) is 0 Å². The molecule has 0 aliphatic carbocycles. The quantitative estimate of drug-likeness (QED) is 0.663. The Labute approximate surface area is 154 Å². The number of aromatic nitrogens is 4. The molecule has 1 amide bonds. The zero-order chi connectivity index (χ0) is 19.2. The fourth-order valence-corrected chi connectivity index (χ4v) is 2.27. The molecule has 0 spiro atoms. The molecule has 27 heavy (non-hydrogen) atoms. The number of nitrogens with one attached hydrogen (secondary N) is 1. The van der Waals surface area contributed by atoms with Gasteiger partial charge in [-0.3, -0.25) is 4.79 Å². The van der Waals surface area contributed by atoms with Gasteiger partial charge in [-0.05, 0) is 52.7 Å². The maximum Gasteiger partial charge on any atom is 0.338 e. The molecule has 1 aromatic heterocycles. The molecule has 0 fully saturated rings. The highest BCUT2D eigenvalue weighted by Crippen LogP contribution is 2.10. The first kappa shape index (κ1) is 18.2. The van der Waals surface area contributed by atoms with Gasteiger partial charge in [-0.15, -0.1) is 5.10 Å². The number of aryl methyl sites for hydroxylation is 1. The lowest BCUT2D eigenvalue weighted by atomic mass is 10.1. The van der Waals surface area contributed by atoms with Crippen molar-refractivity contribution in [3.63, 3.8) is 0 Å². The minimum absolute atomic E-state index is 0.141. The Kier molecular flexibility index (Phi) is 5.50. The van der Waals surface area contributed by atoms with Gasteiger partial charge in [0.25, 0.3) is 5.91 Å². The summed E-state index contributed by atoms with van der Waals surface area (Å²) in [6.07, 6.45) is 1.39. The molecule has 8 nitrogen and oxygen atoms in total. The highest BCUT2D eigenvalue weighted by Gasteiger charge is 2.12. The standard InChI is InChI=1S/C18H16FN5O3/c1-12-5-6-13(7-16(12)19)9-20-17(25)10-27-18(26)14-3-2-4-15(8-14)24-11-21-22-23-24/h2-8,11H,9-10H2,1H3,(H,20,25). The minimum atomic E-state index is -0.651. The second-order valence-corrected chi connectivity index (χ2v) is 5.74. The summed E-state index contributed by atoms with van der Waals surface area (Å²) in [5.41, 5.74) is 1.99. The molecule has 3 rings (SSSR count). The molecule has 1 N–H and O–H groups in total. The Bertz CT molecular complexity index is 959. The Morgan fingerprint density at radius 1 is 1.22 bits per heavy atom. The van der Waals surface area contributed by atoms with Gasteiger partial charge in [0.1, 0.15) is 12.1 Å². The van der Waals surface area contributed by atoms with Gasteiger partial charge in [0.2, 0.25) is 0 Å². The monoisotopic (exact) mass is 369 g/mol. The van der Waals surface area contributed by atoms with E-state index in [4.69, 9.17) is 4.74 Å². The maximum atomic E-state index is 13.5. The normalized spacial score (nSPS) is 10.4. The minimum Gasteiger partial charge on any atom is -0.452 e. The summed E-state index contributed by atoms with van der Waals surface area (Å²) in [4.78, 5) is 24.0. The van der Waals surface area contributed by atoms with E-state index >= 15 is 0 Å². The Hall–Kier alpha value is -3.62. The molecule has 0 unspecified atom stereocenters. The van der Waals surface area contributed by atoms with Crippen LogP contribution in [0.25, 0.3) is 5.69 Å². The second-order valence-electron chi connectivity index (χ2n) is 5.74. The highest BCUT2D eigenvalue weighted by molar-refractivity contribution is 5.91. The van der Waals surface area contributed by atoms with Crippen LogP contribution in [-0.2, 0) is 16.1 Å². The van der Waals surface area contributed by atoms with E-state index in [0.29, 0.717) is 16.8 Å². The molecule has 3 aromatic rings. The Balaban J connectivity index is 1.52. The molecule has 1 heterocycles. The molecule has 2 aromatic carbocycles. The summed E-state index contributed by atoms with van der Waals surface area (Å²) in [5.74, 6) is -1.47. The van der Waals surface area contributed by atoms with Crippen molar-refractivity contribution in [1.82, 2.24) is 25.5 Å². The summed E-state index contributed by atoms with van der Waals surface area (Å²) in [6.45, 7) is 1.36. The van der Waals surface area contributed by atoms with Gasteiger partial charge >= 0.3 is 5.97 Å². The van der Waals surface area contributed by atoms with Crippen LogP contribution in [0.1, 0.15) is 21.5 Å². The van der Waals surface area contributed by atoms with Gasteiger partial charge in [-0.2, -0.15) is 0 Å². The largest absolute Gasteiger partial charge is 0.452 e. The van der Waals surface area contributed by atoms with E-state index in [9.17, 15) is 14.0 Å². The lowest BCUT2D eigenvalue weighted by Crippen LogP contribution is -2.28. The van der Waals surface area contributed by atoms with Crippen molar-refractivity contribution >= 4 is 11.9 Å². The third-order valence-corrected chi connectivity index (χ3v) is 3.76. The number of esters is 1. The van der Waals surface area contributed by atoms with Gasteiger partial charge in [-0.25, -0.2) is 13.9 Å². The van der Waals surface area contributed by atoms with Crippen molar-refractivity contribution in [3.8, 4) is 5.69 Å². The van der Waals surface area contributed by atoms with Gasteiger partial charge < -0.3 is 10.1 Å². The van der Waals surface area contributed by atoms with Crippen LogP contribution in [0, 0.1) is 12.7 Å². The summed E-state index contributed by atoms with van der Waals surface area (Å²) < 4.78 is 19.9. The highest BCUT2D eigenvalue weighted by atomic mass is 19.1. The molecule has 0 saturated heterocycles. The van der Waals surface area contributed by atoms with E-state index in [2.05, 4.69) is 20.8 Å². The summed E-state index contributed by atoms with van der Waals surface area (Å²) in [7, 11) is 0. The van der Waals surface area contributed by atoms with Gasteiger partial charge in [0.15, 0.2) is 6.61 Å². The van der Waals surface area contributed by atoms with E-state index < -0.39 is 18.5 Å². The predicted octanol–water partition coefficient (Wildman–Crippen LogP) is 1.58. The summed E-state index contributed by atoms with van der Waals surface area (Å²) >= 11 is 0. The van der Waals surface area contributed by atoms with Gasteiger partial charge in [0.05, 0.1) is 11.3 Å². The van der Waals surface area contributed by atoms with E-state index in [-0.39, 0.29) is 17.9 Å². The average molecular weight is 369 g/mol. The first-order valence-corrected chi connectivity index (χ1v) is 8.05. The number of carbonyl (C=O) groups is 2. The molecule has 0 aliphatic rings. The van der Waals surface area contributed by atoms with Crippen LogP contribution < -0.4 is 5.32 Å². The van der Waals surface area contributed by atoms with Crippen LogP contribution in [0.2, 0.25) is 0 Å². The molecule has 0 bridgehead atoms. The molecule has 0 radical (unpaired) electrons. The number of rotatable bonds is 6. The van der Waals surface area contributed by atoms with Crippen LogP contribution >= 0.6 is 0 Å². The fraction of sp³-hybridized carbons (Fsp3) is 0.167. The third-order valence-electron chi connectivity index (χ3n) is 3.76. The lowest BCUT2D eigenvalue weighted by Gasteiger charge is -2.08. The van der Waals surface area contributed by atoms with Crippen molar-refractivity contribution in [2.24, 2.45) is 0 Å². The van der Waals surface area contributed by atoms with Crippen molar-refractivity contribution in [2.45, 2.75) is 13.5 Å². The first-order chi connectivity index (χ1) is 13.0. The summed E-state index contributed by atoms with van der Waals surface area (Å²) in [6, 6.07) is 11.2. The maximum absolute atomic E-state index is 13.5. The van der Waals surface area contributed by atoms with Crippen LogP contribution in [0.3, 0.4) is 0 Å². The van der Waals surface area contributed by atoms with E-state index in [1.807, 2.05) is 0 Å². The van der Waals surface area contributed by atoms with Crippen LogP contribution in [-0.4, -0.2) is 38.7 Å². The molecule has 9 heteroatoms. The van der Waals surface area contributed by atoms with Crippen molar-refractivity contribution in [1.29, 1.82) is 0 Å². The Morgan fingerprint density at radius 2 is 2.07 bits per heavy atom. The molecule has 0 atom stereocenters. The van der Waals surface area contributed by atoms with Crippen LogP contribution in [0.15, 0.2) is 48.8 Å². The third kappa shape index (κ3) is 4.72. The van der Waals surface area contributed by atoms with Gasteiger partial charge in [0, 0.05) is 6.54 Å². The molecule has 138 valence electrons. The average Bonchev–Trinajstić information content (AvgIpc) is 3.22. The molecular weight excluding hydrogens is 353 g/mol. The van der Waals surface area contributed by atoms with Gasteiger partial charge in [-0.1, -0.05) is 18.2 Å². The number of hydrogen-bond acceptors (Lipinski definition) is 6. The number of amides is 1. The number of carbonyl (C=O) groups excluding carboxylic acids is 2. The van der Waals surface area contributed by atoms with E-state index in [1.54, 1.807) is 43.3 Å². The zero-order valence-electron chi connectivity index (χ0n) is 14.4. The number of ether oxygens (including phenoxy) is 1. The second kappa shape index (κ2) is 8.17. The van der Waals surface area contributed by atoms with Crippen molar-refractivity contribution < 1.29 is 18.7 Å². The lowest BCUT2D eigenvalue weighted by molar-refractivity contribution is -0.124. The fourth-order valence-electron chi connectivity index (χ4n) is 2.27. The SMILES string of the molecule is Cc1ccc(CNC(=O)COC(=O)c2cccc(-n3cnnn3)c2)cc1F. The smallest absolute Gasteiger partial charge is 0.338 e.